The van der Waals surface area contributed by atoms with Crippen molar-refractivity contribution >= 4 is 16.8 Å². The van der Waals surface area contributed by atoms with Crippen LogP contribution in [0.2, 0.25) is 0 Å². The van der Waals surface area contributed by atoms with Gasteiger partial charge >= 0.3 is 0 Å². The number of piperidine rings is 2. The second kappa shape index (κ2) is 6.20. The molecule has 1 aliphatic carbocycles. The maximum atomic E-state index is 11.6. The Hall–Kier alpha value is -2.14. The van der Waals surface area contributed by atoms with Crippen LogP contribution in [0.15, 0.2) is 30.5 Å². The molecule has 3 aliphatic rings. The predicted octanol–water partition coefficient (Wildman–Crippen LogP) is 3.46. The number of amides is 1. The Morgan fingerprint density at radius 2 is 2.04 bits per heavy atom. The van der Waals surface area contributed by atoms with E-state index in [1.165, 1.54) is 55.2 Å². The summed E-state index contributed by atoms with van der Waals surface area (Å²) in [5, 5.41) is 8.86. The van der Waals surface area contributed by atoms with E-state index in [0.29, 0.717) is 6.42 Å². The number of rotatable bonds is 3. The molecule has 1 saturated carbocycles. The van der Waals surface area contributed by atoms with Gasteiger partial charge < -0.3 is 5.32 Å². The van der Waals surface area contributed by atoms with Gasteiger partial charge in [0.25, 0.3) is 0 Å². The van der Waals surface area contributed by atoms with Crippen molar-refractivity contribution in [2.45, 2.75) is 51.0 Å². The molecular weight excluding hydrogens is 336 g/mol. The quantitative estimate of drug-likeness (QED) is 0.907. The molecule has 3 heterocycles. The second-order valence-corrected chi connectivity index (χ2v) is 8.80. The Kier molecular flexibility index (Phi) is 3.90. The van der Waals surface area contributed by atoms with Crippen LogP contribution in [-0.4, -0.2) is 33.7 Å². The van der Waals surface area contributed by atoms with Crippen LogP contribution in [0.4, 0.5) is 0 Å². The minimum Gasteiger partial charge on any atom is -0.330 e. The van der Waals surface area contributed by atoms with Crippen molar-refractivity contribution in [2.24, 2.45) is 12.5 Å². The van der Waals surface area contributed by atoms with Gasteiger partial charge in [-0.2, -0.15) is 5.10 Å². The molecule has 1 N–H and O–H groups in total. The van der Waals surface area contributed by atoms with E-state index in [1.54, 1.807) is 0 Å². The second-order valence-electron chi connectivity index (χ2n) is 8.80. The standard InChI is InChI=1S/C22H28N4O/c1-15-17(5-6-20(27)23-15)21-18-4-3-16(13-19(18)25(2)24-21)14-26-11-9-22(7-8-22)10-12-26/h3-4,13,17H,1,5-12,14H2,2H3,(H,23,27). The lowest BCUT2D eigenvalue weighted by atomic mass is 9.90. The Morgan fingerprint density at radius 1 is 1.26 bits per heavy atom. The predicted molar refractivity (Wildman–Crippen MR) is 106 cm³/mol. The zero-order valence-corrected chi connectivity index (χ0v) is 16.1. The zero-order valence-electron chi connectivity index (χ0n) is 16.1. The van der Waals surface area contributed by atoms with Crippen molar-refractivity contribution in [1.82, 2.24) is 20.0 Å². The number of likely N-dealkylation sites (tertiary alicyclic amines) is 1. The van der Waals surface area contributed by atoms with Crippen LogP contribution < -0.4 is 5.32 Å². The van der Waals surface area contributed by atoms with E-state index in [4.69, 9.17) is 5.10 Å². The highest BCUT2D eigenvalue weighted by molar-refractivity contribution is 5.85. The molecule has 27 heavy (non-hydrogen) atoms. The molecule has 3 fully saturated rings. The average Bonchev–Trinajstić information content (AvgIpc) is 3.34. The Labute approximate surface area is 160 Å². The molecule has 1 aromatic carbocycles. The summed E-state index contributed by atoms with van der Waals surface area (Å²) >= 11 is 0. The van der Waals surface area contributed by atoms with Crippen molar-refractivity contribution in [3.8, 4) is 0 Å². The van der Waals surface area contributed by atoms with E-state index in [9.17, 15) is 4.79 Å². The third-order valence-corrected chi connectivity index (χ3v) is 6.94. The van der Waals surface area contributed by atoms with Crippen LogP contribution in [-0.2, 0) is 18.4 Å². The van der Waals surface area contributed by atoms with Crippen molar-refractivity contribution in [3.05, 3.63) is 41.7 Å². The lowest BCUT2D eigenvalue weighted by molar-refractivity contribution is -0.121. The lowest BCUT2D eigenvalue weighted by Gasteiger charge is -2.32. The summed E-state index contributed by atoms with van der Waals surface area (Å²) in [5.41, 5.74) is 5.08. The van der Waals surface area contributed by atoms with Gasteiger partial charge in [-0.1, -0.05) is 18.7 Å². The first-order valence-electron chi connectivity index (χ1n) is 10.2. The van der Waals surface area contributed by atoms with Gasteiger partial charge in [0, 0.05) is 37.0 Å². The SMILES string of the molecule is C=C1NC(=O)CCC1c1nn(C)c2cc(CN3CCC4(CC3)CC4)ccc12. The molecule has 2 aliphatic heterocycles. The van der Waals surface area contributed by atoms with Crippen molar-refractivity contribution < 1.29 is 4.79 Å². The molecular formula is C22H28N4O. The molecule has 1 unspecified atom stereocenters. The molecule has 0 bridgehead atoms. The number of fused-ring (bicyclic) bond motifs is 1. The van der Waals surface area contributed by atoms with E-state index in [-0.39, 0.29) is 11.8 Å². The molecule has 5 heteroatoms. The molecule has 2 saturated heterocycles. The fourth-order valence-electron chi connectivity index (χ4n) is 4.89. The van der Waals surface area contributed by atoms with Crippen LogP contribution >= 0.6 is 0 Å². The number of nitrogens with zero attached hydrogens (tertiary/aromatic N) is 3. The maximum absolute atomic E-state index is 11.6. The Balaban J connectivity index is 1.37. The average molecular weight is 364 g/mol. The highest BCUT2D eigenvalue weighted by atomic mass is 16.1. The largest absolute Gasteiger partial charge is 0.330 e. The van der Waals surface area contributed by atoms with Gasteiger partial charge in [0.2, 0.25) is 5.91 Å². The highest BCUT2D eigenvalue weighted by Crippen LogP contribution is 2.53. The molecule has 1 spiro atoms. The van der Waals surface area contributed by atoms with Crippen molar-refractivity contribution in [1.29, 1.82) is 0 Å². The molecule has 1 aromatic heterocycles. The first-order valence-corrected chi connectivity index (χ1v) is 10.2. The number of benzene rings is 1. The third kappa shape index (κ3) is 3.08. The first-order chi connectivity index (χ1) is 13.0. The minimum atomic E-state index is 0.0632. The summed E-state index contributed by atoms with van der Waals surface area (Å²) in [6.07, 6.45) is 6.99. The molecule has 1 atom stereocenters. The van der Waals surface area contributed by atoms with Crippen LogP contribution in [0.3, 0.4) is 0 Å². The molecule has 2 aromatic rings. The van der Waals surface area contributed by atoms with Gasteiger partial charge in [-0.3, -0.25) is 14.4 Å². The van der Waals surface area contributed by atoms with Crippen molar-refractivity contribution in [3.63, 3.8) is 0 Å². The molecule has 1 amide bonds. The number of allylic oxidation sites excluding steroid dienone is 1. The minimum absolute atomic E-state index is 0.0632. The summed E-state index contributed by atoms with van der Waals surface area (Å²) in [7, 11) is 2.01. The van der Waals surface area contributed by atoms with E-state index < -0.39 is 0 Å². The van der Waals surface area contributed by atoms with Gasteiger partial charge in [-0.25, -0.2) is 0 Å². The summed E-state index contributed by atoms with van der Waals surface area (Å²) in [6.45, 7) is 7.55. The monoisotopic (exact) mass is 364 g/mol. The number of nitrogens with one attached hydrogen (secondary N) is 1. The zero-order chi connectivity index (χ0) is 18.6. The number of aryl methyl sites for hydroxylation is 1. The van der Waals surface area contributed by atoms with E-state index in [1.807, 2.05) is 11.7 Å². The van der Waals surface area contributed by atoms with Gasteiger partial charge in [0.1, 0.15) is 0 Å². The molecule has 0 radical (unpaired) electrons. The first kappa shape index (κ1) is 17.0. The topological polar surface area (TPSA) is 50.2 Å². The van der Waals surface area contributed by atoms with Crippen LogP contribution in [0.5, 0.6) is 0 Å². The summed E-state index contributed by atoms with van der Waals surface area (Å²) in [4.78, 5) is 14.2. The normalized spacial score (nSPS) is 25.1. The summed E-state index contributed by atoms with van der Waals surface area (Å²) in [6, 6.07) is 6.75. The molecule has 5 rings (SSSR count). The van der Waals surface area contributed by atoms with Gasteiger partial charge in [0.05, 0.1) is 11.2 Å². The summed E-state index contributed by atoms with van der Waals surface area (Å²) < 4.78 is 1.98. The number of aromatic nitrogens is 2. The number of carbonyl (C=O) groups excluding carboxylic acids is 1. The lowest BCUT2D eigenvalue weighted by Crippen LogP contribution is -2.33. The molecule has 142 valence electrons. The maximum Gasteiger partial charge on any atom is 0.224 e. The smallest absolute Gasteiger partial charge is 0.224 e. The van der Waals surface area contributed by atoms with Crippen LogP contribution in [0.1, 0.15) is 55.7 Å². The number of hydrogen-bond acceptors (Lipinski definition) is 3. The van der Waals surface area contributed by atoms with Gasteiger partial charge in [-0.15, -0.1) is 0 Å². The van der Waals surface area contributed by atoms with Crippen LogP contribution in [0, 0.1) is 5.41 Å². The summed E-state index contributed by atoms with van der Waals surface area (Å²) in [5.74, 6) is 0.169. The Morgan fingerprint density at radius 3 is 2.74 bits per heavy atom. The third-order valence-electron chi connectivity index (χ3n) is 6.94. The highest BCUT2D eigenvalue weighted by Gasteiger charge is 2.44. The van der Waals surface area contributed by atoms with E-state index >= 15 is 0 Å². The van der Waals surface area contributed by atoms with E-state index in [2.05, 4.69) is 35.0 Å². The Bertz CT molecular complexity index is 914. The van der Waals surface area contributed by atoms with E-state index in [0.717, 1.165) is 29.8 Å². The fourth-order valence-corrected chi connectivity index (χ4v) is 4.89. The van der Waals surface area contributed by atoms with Gasteiger partial charge in [-0.05, 0) is 62.2 Å². The van der Waals surface area contributed by atoms with Crippen molar-refractivity contribution in [2.75, 3.05) is 13.1 Å². The number of carbonyl (C=O) groups is 1. The number of hydrogen-bond donors (Lipinski definition) is 1. The fraction of sp³-hybridized carbons (Fsp3) is 0.545. The van der Waals surface area contributed by atoms with Gasteiger partial charge in [0.15, 0.2) is 0 Å². The molecule has 5 nitrogen and oxygen atoms in total. The van der Waals surface area contributed by atoms with Crippen LogP contribution in [0.25, 0.3) is 10.9 Å².